The number of nitrogens with one attached hydrogen (secondary N) is 6. The number of rotatable bonds is 17. The Bertz CT molecular complexity index is 977. The standard InChI is InChI=1S/C30H48N6O4/c1-21(2)33-29(39)35-25-19-23(9-11-27(25)37)13-17-31-15-7-5-6-8-16-32-18-14-24-10-12-28(38)26(20-24)36-30(40)34-22(3)4/h9-12,19-22,31-32,37-38H,5-8,13-18H2,1-4H3,(H2,33,35,39)(H2,34,36,40). The quantitative estimate of drug-likeness (QED) is 0.105. The van der Waals surface area contributed by atoms with Gasteiger partial charge in [0.2, 0.25) is 0 Å². The van der Waals surface area contributed by atoms with Crippen LogP contribution in [0.1, 0.15) is 64.5 Å². The van der Waals surface area contributed by atoms with Gasteiger partial charge in [0.1, 0.15) is 11.5 Å². The van der Waals surface area contributed by atoms with Gasteiger partial charge in [0.15, 0.2) is 0 Å². The highest BCUT2D eigenvalue weighted by Gasteiger charge is 2.09. The molecule has 2 rings (SSSR count). The summed E-state index contributed by atoms with van der Waals surface area (Å²) in [5.74, 6) is 0.111. The number of phenolic OH excluding ortho intramolecular Hbond substituents is 2. The van der Waals surface area contributed by atoms with Gasteiger partial charge in [-0.25, -0.2) is 9.59 Å². The number of anilines is 2. The predicted molar refractivity (Wildman–Crippen MR) is 162 cm³/mol. The van der Waals surface area contributed by atoms with E-state index in [1.165, 1.54) is 12.8 Å². The van der Waals surface area contributed by atoms with Crippen LogP contribution in [-0.2, 0) is 12.8 Å². The molecule has 0 aliphatic rings. The molecule has 0 bridgehead atoms. The van der Waals surface area contributed by atoms with Crippen molar-refractivity contribution in [2.45, 2.75) is 78.3 Å². The average Bonchev–Trinajstić information content (AvgIpc) is 2.87. The fourth-order valence-electron chi connectivity index (χ4n) is 4.09. The van der Waals surface area contributed by atoms with Crippen molar-refractivity contribution in [2.75, 3.05) is 36.8 Å². The van der Waals surface area contributed by atoms with Crippen molar-refractivity contribution in [1.82, 2.24) is 21.3 Å². The van der Waals surface area contributed by atoms with E-state index in [2.05, 4.69) is 31.9 Å². The SMILES string of the molecule is CC(C)NC(=O)Nc1cc(CCNCCCCCCNCCc2ccc(O)c(NC(=O)NC(C)C)c2)ccc1O. The zero-order valence-corrected chi connectivity index (χ0v) is 24.4. The molecule has 0 radical (unpaired) electrons. The summed E-state index contributed by atoms with van der Waals surface area (Å²) in [6.45, 7) is 11.1. The second-order valence-electron chi connectivity index (χ2n) is 10.6. The minimum atomic E-state index is -0.330. The highest BCUT2D eigenvalue weighted by molar-refractivity contribution is 5.91. The lowest BCUT2D eigenvalue weighted by molar-refractivity contribution is 0.249. The molecule has 0 saturated carbocycles. The zero-order valence-electron chi connectivity index (χ0n) is 24.4. The third-order valence-electron chi connectivity index (χ3n) is 6.10. The maximum atomic E-state index is 11.9. The molecule has 0 saturated heterocycles. The van der Waals surface area contributed by atoms with Crippen LogP contribution >= 0.6 is 0 Å². The first-order valence-corrected chi connectivity index (χ1v) is 14.3. The van der Waals surface area contributed by atoms with Crippen molar-refractivity contribution >= 4 is 23.4 Å². The minimum absolute atomic E-state index is 0.0197. The van der Waals surface area contributed by atoms with Gasteiger partial charge in [0.25, 0.3) is 0 Å². The number of carbonyl (C=O) groups is 2. The predicted octanol–water partition coefficient (Wildman–Crippen LogP) is 4.68. The van der Waals surface area contributed by atoms with E-state index in [4.69, 9.17) is 0 Å². The molecule has 0 spiro atoms. The van der Waals surface area contributed by atoms with Gasteiger partial charge >= 0.3 is 12.1 Å². The normalized spacial score (nSPS) is 11.1. The first-order chi connectivity index (χ1) is 19.1. The van der Waals surface area contributed by atoms with Crippen LogP contribution in [0.15, 0.2) is 36.4 Å². The number of unbranched alkanes of at least 4 members (excludes halogenated alkanes) is 3. The van der Waals surface area contributed by atoms with Crippen LogP contribution in [0.25, 0.3) is 0 Å². The van der Waals surface area contributed by atoms with Gasteiger partial charge < -0.3 is 42.1 Å². The lowest BCUT2D eigenvalue weighted by atomic mass is 10.1. The Morgan fingerprint density at radius 1 is 0.625 bits per heavy atom. The molecule has 0 aliphatic carbocycles. The van der Waals surface area contributed by atoms with Crippen LogP contribution in [0, 0.1) is 0 Å². The van der Waals surface area contributed by atoms with Crippen LogP contribution in [0.5, 0.6) is 11.5 Å². The van der Waals surface area contributed by atoms with E-state index in [0.717, 1.165) is 63.0 Å². The van der Waals surface area contributed by atoms with Crippen LogP contribution < -0.4 is 31.9 Å². The number of phenols is 2. The van der Waals surface area contributed by atoms with E-state index < -0.39 is 0 Å². The summed E-state index contributed by atoms with van der Waals surface area (Å²) in [5, 5.41) is 37.9. The third kappa shape index (κ3) is 13.5. The van der Waals surface area contributed by atoms with Crippen LogP contribution in [0.3, 0.4) is 0 Å². The van der Waals surface area contributed by atoms with Crippen molar-refractivity contribution in [3.63, 3.8) is 0 Å². The second-order valence-corrected chi connectivity index (χ2v) is 10.6. The van der Waals surface area contributed by atoms with Crippen LogP contribution in [0.4, 0.5) is 21.0 Å². The lowest BCUT2D eigenvalue weighted by Gasteiger charge is -2.13. The van der Waals surface area contributed by atoms with Crippen molar-refractivity contribution in [2.24, 2.45) is 0 Å². The first-order valence-electron chi connectivity index (χ1n) is 14.3. The summed E-state index contributed by atoms with van der Waals surface area (Å²) in [7, 11) is 0. The highest BCUT2D eigenvalue weighted by Crippen LogP contribution is 2.25. The number of hydrogen-bond acceptors (Lipinski definition) is 6. The van der Waals surface area contributed by atoms with Gasteiger partial charge in [-0.1, -0.05) is 25.0 Å². The van der Waals surface area contributed by atoms with Crippen molar-refractivity contribution in [1.29, 1.82) is 0 Å². The molecule has 10 nitrogen and oxygen atoms in total. The average molecular weight is 557 g/mol. The molecule has 4 amide bonds. The molecule has 2 aromatic carbocycles. The van der Waals surface area contributed by atoms with Crippen LogP contribution in [-0.4, -0.2) is 60.5 Å². The number of aromatic hydroxyl groups is 2. The Kier molecular flexibility index (Phi) is 14.7. The molecule has 0 fully saturated rings. The van der Waals surface area contributed by atoms with Crippen LogP contribution in [0.2, 0.25) is 0 Å². The van der Waals surface area contributed by atoms with Gasteiger partial charge in [0.05, 0.1) is 11.4 Å². The first kappa shape index (κ1) is 32.7. The summed E-state index contributed by atoms with van der Waals surface area (Å²) in [5.41, 5.74) is 2.93. The van der Waals surface area contributed by atoms with E-state index in [1.54, 1.807) is 12.1 Å². The molecule has 0 aliphatic heterocycles. The lowest BCUT2D eigenvalue weighted by Crippen LogP contribution is -2.34. The van der Waals surface area contributed by atoms with Gasteiger partial charge in [-0.3, -0.25) is 0 Å². The number of urea groups is 2. The maximum absolute atomic E-state index is 11.9. The Hall–Kier alpha value is -3.50. The highest BCUT2D eigenvalue weighted by atomic mass is 16.3. The summed E-state index contributed by atoms with van der Waals surface area (Å²) in [6, 6.07) is 9.98. The number of hydrogen-bond donors (Lipinski definition) is 8. The van der Waals surface area contributed by atoms with E-state index in [0.29, 0.717) is 11.4 Å². The van der Waals surface area contributed by atoms with Crippen molar-refractivity contribution in [3.05, 3.63) is 47.5 Å². The van der Waals surface area contributed by atoms with E-state index in [-0.39, 0.29) is 35.6 Å². The molecule has 222 valence electrons. The maximum Gasteiger partial charge on any atom is 0.319 e. The van der Waals surface area contributed by atoms with Gasteiger partial charge in [-0.05, 0) is 115 Å². The zero-order chi connectivity index (χ0) is 29.3. The summed E-state index contributed by atoms with van der Waals surface area (Å²) >= 11 is 0. The number of carbonyl (C=O) groups excluding carboxylic acids is 2. The molecule has 2 aromatic rings. The van der Waals surface area contributed by atoms with Gasteiger partial charge in [-0.2, -0.15) is 0 Å². The van der Waals surface area contributed by atoms with E-state index in [1.807, 2.05) is 52.0 Å². The fourth-order valence-corrected chi connectivity index (χ4v) is 4.09. The van der Waals surface area contributed by atoms with Gasteiger partial charge in [0, 0.05) is 12.1 Å². The number of amides is 4. The molecule has 40 heavy (non-hydrogen) atoms. The van der Waals surface area contributed by atoms with Gasteiger partial charge in [-0.15, -0.1) is 0 Å². The van der Waals surface area contributed by atoms with E-state index >= 15 is 0 Å². The third-order valence-corrected chi connectivity index (χ3v) is 6.10. The van der Waals surface area contributed by atoms with E-state index in [9.17, 15) is 19.8 Å². The summed E-state index contributed by atoms with van der Waals surface area (Å²) in [4.78, 5) is 23.8. The van der Waals surface area contributed by atoms with Crippen molar-refractivity contribution < 1.29 is 19.8 Å². The largest absolute Gasteiger partial charge is 0.506 e. The molecule has 0 unspecified atom stereocenters. The number of benzene rings is 2. The molecular formula is C30H48N6O4. The Morgan fingerprint density at radius 2 is 1.02 bits per heavy atom. The molecule has 0 aromatic heterocycles. The fraction of sp³-hybridized carbons (Fsp3) is 0.533. The Balaban J connectivity index is 1.52. The summed E-state index contributed by atoms with van der Waals surface area (Å²) < 4.78 is 0. The molecular weight excluding hydrogens is 508 g/mol. The smallest absolute Gasteiger partial charge is 0.319 e. The Labute approximate surface area is 238 Å². The monoisotopic (exact) mass is 556 g/mol. The molecule has 0 atom stereocenters. The second kappa shape index (κ2) is 18.0. The molecule has 8 N–H and O–H groups in total. The molecule has 0 heterocycles. The molecule has 10 heteroatoms. The Morgan fingerprint density at radius 3 is 1.40 bits per heavy atom. The minimum Gasteiger partial charge on any atom is -0.506 e. The topological polar surface area (TPSA) is 147 Å². The summed E-state index contributed by atoms with van der Waals surface area (Å²) in [6.07, 6.45) is 6.19. The van der Waals surface area contributed by atoms with Crippen molar-refractivity contribution in [3.8, 4) is 11.5 Å².